The lowest BCUT2D eigenvalue weighted by Gasteiger charge is -2.27. The summed E-state index contributed by atoms with van der Waals surface area (Å²) < 4.78 is 11.6. The van der Waals surface area contributed by atoms with Crippen molar-refractivity contribution < 1.29 is 19.4 Å². The fourth-order valence-electron chi connectivity index (χ4n) is 2.71. The van der Waals surface area contributed by atoms with Crippen molar-refractivity contribution in [3.63, 3.8) is 0 Å². The Morgan fingerprint density at radius 2 is 1.83 bits per heavy atom. The molecule has 0 aliphatic heterocycles. The molecule has 0 unspecified atom stereocenters. The quantitative estimate of drug-likeness (QED) is 0.895. The van der Waals surface area contributed by atoms with E-state index in [0.29, 0.717) is 5.92 Å². The van der Waals surface area contributed by atoms with Gasteiger partial charge >= 0.3 is 5.97 Å². The number of benzene rings is 1. The SMILES string of the molecule is O=C(CC1CCC(c2ccc(O)cc2)CC1)OF. The highest BCUT2D eigenvalue weighted by molar-refractivity contribution is 5.68. The molecule has 0 spiro atoms. The Morgan fingerprint density at radius 1 is 1.22 bits per heavy atom. The normalized spacial score (nSPS) is 23.6. The van der Waals surface area contributed by atoms with Crippen LogP contribution in [0.15, 0.2) is 24.3 Å². The second-order valence-corrected chi connectivity index (χ2v) is 4.96. The smallest absolute Gasteiger partial charge is 0.349 e. The van der Waals surface area contributed by atoms with Crippen molar-refractivity contribution in [3.8, 4) is 5.75 Å². The average Bonchev–Trinajstić information content (AvgIpc) is 2.40. The summed E-state index contributed by atoms with van der Waals surface area (Å²) in [4.78, 5) is 14.1. The number of phenols is 1. The molecule has 0 bridgehead atoms. The van der Waals surface area contributed by atoms with E-state index in [2.05, 4.69) is 4.94 Å². The van der Waals surface area contributed by atoms with Gasteiger partial charge in [0.2, 0.25) is 0 Å². The van der Waals surface area contributed by atoms with E-state index in [1.54, 1.807) is 12.1 Å². The third-order valence-corrected chi connectivity index (χ3v) is 3.75. The highest BCUT2D eigenvalue weighted by atomic mass is 19.3. The first kappa shape index (κ1) is 12.9. The van der Waals surface area contributed by atoms with E-state index in [0.717, 1.165) is 25.7 Å². The number of aromatic hydroxyl groups is 1. The predicted molar refractivity (Wildman–Crippen MR) is 64.6 cm³/mol. The highest BCUT2D eigenvalue weighted by Crippen LogP contribution is 2.37. The number of carbonyl (C=O) groups is 1. The van der Waals surface area contributed by atoms with E-state index < -0.39 is 5.97 Å². The van der Waals surface area contributed by atoms with Crippen molar-refractivity contribution in [2.75, 3.05) is 0 Å². The van der Waals surface area contributed by atoms with Crippen molar-refractivity contribution in [2.24, 2.45) is 5.92 Å². The summed E-state index contributed by atoms with van der Waals surface area (Å²) in [7, 11) is 0. The lowest BCUT2D eigenvalue weighted by Crippen LogP contribution is -2.16. The fourth-order valence-corrected chi connectivity index (χ4v) is 2.71. The second-order valence-electron chi connectivity index (χ2n) is 4.96. The average molecular weight is 252 g/mol. The summed E-state index contributed by atoms with van der Waals surface area (Å²) in [6.45, 7) is 0. The molecule has 1 aromatic rings. The van der Waals surface area contributed by atoms with Gasteiger partial charge in [-0.25, -0.2) is 4.79 Å². The first-order valence-electron chi connectivity index (χ1n) is 6.29. The van der Waals surface area contributed by atoms with Gasteiger partial charge in [-0.05, 0) is 55.2 Å². The Balaban J connectivity index is 1.86. The van der Waals surface area contributed by atoms with Gasteiger partial charge in [0, 0.05) is 4.53 Å². The zero-order valence-electron chi connectivity index (χ0n) is 10.1. The lowest BCUT2D eigenvalue weighted by atomic mass is 9.77. The van der Waals surface area contributed by atoms with Gasteiger partial charge in [-0.1, -0.05) is 12.1 Å². The maximum Gasteiger partial charge on any atom is 0.349 e. The Morgan fingerprint density at radius 3 is 2.39 bits per heavy atom. The molecule has 0 radical (unpaired) electrons. The van der Waals surface area contributed by atoms with Crippen molar-refractivity contribution in [2.45, 2.75) is 38.0 Å². The van der Waals surface area contributed by atoms with Crippen LogP contribution < -0.4 is 0 Å². The van der Waals surface area contributed by atoms with Crippen molar-refractivity contribution in [1.29, 1.82) is 0 Å². The highest BCUT2D eigenvalue weighted by Gasteiger charge is 2.24. The maximum atomic E-state index is 11.6. The van der Waals surface area contributed by atoms with E-state index >= 15 is 0 Å². The minimum atomic E-state index is -0.761. The van der Waals surface area contributed by atoms with Crippen LogP contribution in [0, 0.1) is 5.92 Å². The zero-order valence-corrected chi connectivity index (χ0v) is 10.1. The lowest BCUT2D eigenvalue weighted by molar-refractivity contribution is -0.185. The van der Waals surface area contributed by atoms with Crippen LogP contribution in [0.4, 0.5) is 4.53 Å². The first-order chi connectivity index (χ1) is 8.69. The molecule has 0 saturated heterocycles. The zero-order chi connectivity index (χ0) is 13.0. The van der Waals surface area contributed by atoms with Crippen LogP contribution in [0.5, 0.6) is 5.75 Å². The molecule has 1 N–H and O–H groups in total. The molecule has 0 aromatic heterocycles. The van der Waals surface area contributed by atoms with E-state index in [-0.39, 0.29) is 18.1 Å². The number of hydrogen-bond donors (Lipinski definition) is 1. The van der Waals surface area contributed by atoms with E-state index in [1.807, 2.05) is 12.1 Å². The molecule has 1 aliphatic rings. The molecule has 0 amide bonds. The monoisotopic (exact) mass is 252 g/mol. The Bertz CT molecular complexity index is 394. The minimum absolute atomic E-state index is 0.179. The van der Waals surface area contributed by atoms with Gasteiger partial charge in [0.15, 0.2) is 0 Å². The maximum absolute atomic E-state index is 11.6. The Kier molecular flexibility index (Phi) is 4.18. The van der Waals surface area contributed by atoms with Crippen molar-refractivity contribution in [3.05, 3.63) is 29.8 Å². The van der Waals surface area contributed by atoms with Crippen molar-refractivity contribution >= 4 is 5.97 Å². The van der Waals surface area contributed by atoms with Crippen LogP contribution in [0.2, 0.25) is 0 Å². The molecule has 1 fully saturated rings. The molecule has 18 heavy (non-hydrogen) atoms. The predicted octanol–water partition coefficient (Wildman–Crippen LogP) is 3.48. The number of phenolic OH excluding ortho intramolecular Hbond substituents is 1. The fraction of sp³-hybridized carbons (Fsp3) is 0.500. The molecule has 1 aromatic carbocycles. The molecule has 1 saturated carbocycles. The molecule has 2 rings (SSSR count). The van der Waals surface area contributed by atoms with Crippen LogP contribution in [0.25, 0.3) is 0 Å². The van der Waals surface area contributed by atoms with Crippen molar-refractivity contribution in [1.82, 2.24) is 0 Å². The third-order valence-electron chi connectivity index (χ3n) is 3.75. The molecular weight excluding hydrogens is 235 g/mol. The summed E-state index contributed by atoms with van der Waals surface area (Å²) in [5.41, 5.74) is 1.22. The molecule has 0 atom stereocenters. The Labute approximate surface area is 105 Å². The minimum Gasteiger partial charge on any atom is -0.508 e. The van der Waals surface area contributed by atoms with Gasteiger partial charge in [0.05, 0.1) is 6.42 Å². The summed E-state index contributed by atoms with van der Waals surface area (Å²) in [6, 6.07) is 7.27. The first-order valence-corrected chi connectivity index (χ1v) is 6.29. The van der Waals surface area contributed by atoms with Gasteiger partial charge in [0.25, 0.3) is 0 Å². The van der Waals surface area contributed by atoms with E-state index in [1.165, 1.54) is 5.56 Å². The molecule has 98 valence electrons. The van der Waals surface area contributed by atoms with Gasteiger partial charge in [-0.3, -0.25) is 4.94 Å². The van der Waals surface area contributed by atoms with Crippen LogP contribution in [0.1, 0.15) is 43.6 Å². The van der Waals surface area contributed by atoms with Gasteiger partial charge in [-0.15, -0.1) is 0 Å². The second kappa shape index (κ2) is 5.85. The number of halogens is 1. The third kappa shape index (κ3) is 3.22. The number of carbonyl (C=O) groups excluding carboxylic acids is 1. The van der Waals surface area contributed by atoms with Crippen LogP contribution >= 0.6 is 0 Å². The van der Waals surface area contributed by atoms with Gasteiger partial charge < -0.3 is 5.11 Å². The van der Waals surface area contributed by atoms with Crippen LogP contribution in [-0.4, -0.2) is 11.1 Å². The summed E-state index contributed by atoms with van der Waals surface area (Å²) in [5.74, 6) is 0.228. The molecule has 3 nitrogen and oxygen atoms in total. The molecule has 1 aliphatic carbocycles. The largest absolute Gasteiger partial charge is 0.508 e. The topological polar surface area (TPSA) is 46.5 Å². The molecule has 0 heterocycles. The van der Waals surface area contributed by atoms with Gasteiger partial charge in [-0.2, -0.15) is 0 Å². The standard InChI is InChI=1S/C14H17FO3/c15-18-14(17)9-10-1-3-11(4-2-10)12-5-7-13(16)8-6-12/h5-8,10-11,16H,1-4,9H2. The summed E-state index contributed by atoms with van der Waals surface area (Å²) >= 11 is 0. The number of rotatable bonds is 3. The number of hydrogen-bond acceptors (Lipinski definition) is 3. The van der Waals surface area contributed by atoms with Crippen LogP contribution in [0.3, 0.4) is 0 Å². The van der Waals surface area contributed by atoms with E-state index in [9.17, 15) is 14.4 Å². The summed E-state index contributed by atoms with van der Waals surface area (Å²) in [6.07, 6.45) is 4.00. The van der Waals surface area contributed by atoms with E-state index in [4.69, 9.17) is 0 Å². The van der Waals surface area contributed by atoms with Crippen LogP contribution in [-0.2, 0) is 9.74 Å². The van der Waals surface area contributed by atoms with Gasteiger partial charge in [0.1, 0.15) is 5.75 Å². The molecule has 4 heteroatoms. The molecular formula is C14H17FO3. The Hall–Kier alpha value is -1.58. The summed E-state index contributed by atoms with van der Waals surface area (Å²) in [5, 5.41) is 9.24.